The van der Waals surface area contributed by atoms with E-state index in [-0.39, 0.29) is 11.8 Å². The molecule has 3 heterocycles. The first-order chi connectivity index (χ1) is 15.1. The Hall–Kier alpha value is -4.21. The molecule has 0 atom stereocenters. The molecule has 3 aromatic heterocycles. The van der Waals surface area contributed by atoms with Crippen LogP contribution < -0.4 is 15.4 Å². The van der Waals surface area contributed by atoms with Crippen LogP contribution in [0.1, 0.15) is 12.5 Å². The Kier molecular flexibility index (Phi) is 5.61. The molecule has 1 aromatic carbocycles. The molecule has 4 rings (SSSR count). The van der Waals surface area contributed by atoms with Crippen LogP contribution in [0.3, 0.4) is 0 Å². The van der Waals surface area contributed by atoms with E-state index in [9.17, 15) is 9.90 Å². The third-order valence-electron chi connectivity index (χ3n) is 4.50. The summed E-state index contributed by atoms with van der Waals surface area (Å²) < 4.78 is 6.91. The minimum absolute atomic E-state index is 0.0902. The fraction of sp³-hybridized carbons (Fsp3) is 0.190. The van der Waals surface area contributed by atoms with Gasteiger partial charge in [0.1, 0.15) is 11.3 Å². The molecule has 0 aliphatic rings. The van der Waals surface area contributed by atoms with Gasteiger partial charge in [-0.1, -0.05) is 6.07 Å². The Morgan fingerprint density at radius 1 is 1.19 bits per heavy atom. The van der Waals surface area contributed by atoms with Crippen molar-refractivity contribution in [2.24, 2.45) is 0 Å². The second-order valence-electron chi connectivity index (χ2n) is 6.71. The van der Waals surface area contributed by atoms with E-state index in [1.807, 2.05) is 19.2 Å². The van der Waals surface area contributed by atoms with Gasteiger partial charge < -0.3 is 15.2 Å². The van der Waals surface area contributed by atoms with Gasteiger partial charge in [0.25, 0.3) is 0 Å². The maximum Gasteiger partial charge on any atom is 0.320 e. The molecule has 0 radical (unpaired) electrons. The minimum Gasteiger partial charge on any atom is -0.504 e. The number of nitrogens with one attached hydrogen (secondary N) is 2. The van der Waals surface area contributed by atoms with Gasteiger partial charge in [0.2, 0.25) is 0 Å². The van der Waals surface area contributed by atoms with E-state index in [4.69, 9.17) is 4.74 Å². The number of fused-ring (bicyclic) bond motifs is 1. The van der Waals surface area contributed by atoms with Crippen molar-refractivity contribution < 1.29 is 14.6 Å². The van der Waals surface area contributed by atoms with E-state index >= 15 is 0 Å². The lowest BCUT2D eigenvalue weighted by molar-refractivity contribution is 0.252. The van der Waals surface area contributed by atoms with Crippen LogP contribution in [0.15, 0.2) is 48.9 Å². The molecular weight excluding hydrogens is 398 g/mol. The first-order valence-electron chi connectivity index (χ1n) is 9.63. The van der Waals surface area contributed by atoms with Gasteiger partial charge in [0.05, 0.1) is 31.7 Å². The molecule has 0 saturated carbocycles. The summed E-state index contributed by atoms with van der Waals surface area (Å²) in [7, 11) is 1.51. The fourth-order valence-corrected chi connectivity index (χ4v) is 3.02. The molecule has 0 bridgehead atoms. The molecule has 0 aliphatic heterocycles. The maximum atomic E-state index is 11.7. The van der Waals surface area contributed by atoms with Crippen LogP contribution >= 0.6 is 0 Å². The highest BCUT2D eigenvalue weighted by Gasteiger charge is 2.10. The van der Waals surface area contributed by atoms with E-state index in [1.165, 1.54) is 7.11 Å². The summed E-state index contributed by atoms with van der Waals surface area (Å²) >= 11 is 0. The van der Waals surface area contributed by atoms with E-state index in [1.54, 1.807) is 41.3 Å². The van der Waals surface area contributed by atoms with Gasteiger partial charge in [-0.2, -0.15) is 5.10 Å². The Labute approximate surface area is 177 Å². The third kappa shape index (κ3) is 4.53. The van der Waals surface area contributed by atoms with Crippen molar-refractivity contribution >= 4 is 23.0 Å². The second-order valence-corrected chi connectivity index (χ2v) is 6.71. The number of rotatable bonds is 6. The maximum absolute atomic E-state index is 11.7. The number of carbonyl (C=O) groups excluding carboxylic acids is 1. The summed E-state index contributed by atoms with van der Waals surface area (Å²) in [5, 5.41) is 19.4. The number of amides is 2. The van der Waals surface area contributed by atoms with Crippen molar-refractivity contribution in [1.29, 1.82) is 0 Å². The molecular formula is C21H21N7O3. The van der Waals surface area contributed by atoms with Crippen molar-refractivity contribution in [2.45, 2.75) is 13.5 Å². The SMILES string of the molecule is CCNC(=O)Nc1ccc2ncc(-c3cnn(Cc4ccc(O)c(OC)c4)c3)nc2n1. The van der Waals surface area contributed by atoms with Crippen LogP contribution in [0.5, 0.6) is 11.5 Å². The smallest absolute Gasteiger partial charge is 0.320 e. The number of urea groups is 1. The molecule has 2 amide bonds. The number of phenols is 1. The van der Waals surface area contributed by atoms with E-state index in [2.05, 4.69) is 30.7 Å². The Balaban J connectivity index is 1.56. The number of anilines is 1. The lowest BCUT2D eigenvalue weighted by Crippen LogP contribution is -2.28. The number of ether oxygens (including phenoxy) is 1. The molecule has 158 valence electrons. The molecule has 4 aromatic rings. The second kappa shape index (κ2) is 8.66. The highest BCUT2D eigenvalue weighted by Crippen LogP contribution is 2.27. The van der Waals surface area contributed by atoms with Gasteiger partial charge in [-0.25, -0.2) is 14.8 Å². The number of hydrogen-bond acceptors (Lipinski definition) is 7. The monoisotopic (exact) mass is 419 g/mol. The van der Waals surface area contributed by atoms with Gasteiger partial charge in [0.15, 0.2) is 17.1 Å². The first-order valence-corrected chi connectivity index (χ1v) is 9.63. The summed E-state index contributed by atoms with van der Waals surface area (Å²) in [6.07, 6.45) is 5.21. The summed E-state index contributed by atoms with van der Waals surface area (Å²) in [5.41, 5.74) is 3.36. The quantitative estimate of drug-likeness (QED) is 0.438. The number of phenolic OH excluding ortho intramolecular Hbond substituents is 1. The van der Waals surface area contributed by atoms with E-state index < -0.39 is 0 Å². The van der Waals surface area contributed by atoms with Crippen molar-refractivity contribution in [3.05, 3.63) is 54.5 Å². The van der Waals surface area contributed by atoms with Crippen molar-refractivity contribution in [2.75, 3.05) is 19.0 Å². The molecule has 0 spiro atoms. The average molecular weight is 419 g/mol. The zero-order valence-corrected chi connectivity index (χ0v) is 17.0. The lowest BCUT2D eigenvalue weighted by Gasteiger charge is -2.07. The van der Waals surface area contributed by atoms with Gasteiger partial charge in [-0.15, -0.1) is 0 Å². The van der Waals surface area contributed by atoms with E-state index in [0.717, 1.165) is 11.1 Å². The van der Waals surface area contributed by atoms with E-state index in [0.29, 0.717) is 41.5 Å². The Bertz CT molecular complexity index is 1240. The molecule has 0 aliphatic carbocycles. The average Bonchev–Trinajstić information content (AvgIpc) is 3.23. The first kappa shape index (κ1) is 20.1. The van der Waals surface area contributed by atoms with Crippen LogP contribution in [0.4, 0.5) is 10.6 Å². The Morgan fingerprint density at radius 3 is 2.87 bits per heavy atom. The van der Waals surface area contributed by atoms with Crippen LogP contribution in [0.25, 0.3) is 22.4 Å². The number of benzene rings is 1. The zero-order valence-electron chi connectivity index (χ0n) is 17.0. The molecule has 0 fully saturated rings. The standard InChI is InChI=1S/C21H21N7O3/c1-3-22-21(30)27-19-7-5-15-20(26-19)25-16(10-23-15)14-9-24-28(12-14)11-13-4-6-17(29)18(8-13)31-2/h4-10,12,29H,3,11H2,1-2H3,(H2,22,25,26,27,30). The lowest BCUT2D eigenvalue weighted by atomic mass is 10.2. The molecule has 10 heteroatoms. The van der Waals surface area contributed by atoms with Crippen LogP contribution in [0, 0.1) is 0 Å². The van der Waals surface area contributed by atoms with Gasteiger partial charge in [0, 0.05) is 18.3 Å². The largest absolute Gasteiger partial charge is 0.504 e. The van der Waals surface area contributed by atoms with Crippen LogP contribution in [0.2, 0.25) is 0 Å². The number of hydrogen-bond donors (Lipinski definition) is 3. The number of methoxy groups -OCH3 is 1. The summed E-state index contributed by atoms with van der Waals surface area (Å²) in [4.78, 5) is 25.1. The molecule has 10 nitrogen and oxygen atoms in total. The minimum atomic E-state index is -0.328. The molecule has 3 N–H and O–H groups in total. The van der Waals surface area contributed by atoms with Crippen molar-refractivity contribution in [1.82, 2.24) is 30.0 Å². The van der Waals surface area contributed by atoms with Crippen molar-refractivity contribution in [3.8, 4) is 22.8 Å². The van der Waals surface area contributed by atoms with Gasteiger partial charge in [-0.05, 0) is 36.8 Å². The normalized spacial score (nSPS) is 10.8. The number of carbonyl (C=O) groups is 1. The van der Waals surface area contributed by atoms with Crippen LogP contribution in [-0.4, -0.2) is 49.5 Å². The summed E-state index contributed by atoms with van der Waals surface area (Å²) in [6.45, 7) is 2.85. The van der Waals surface area contributed by atoms with Crippen molar-refractivity contribution in [3.63, 3.8) is 0 Å². The highest BCUT2D eigenvalue weighted by molar-refractivity contribution is 5.89. The zero-order chi connectivity index (χ0) is 21.8. The molecule has 0 saturated heterocycles. The number of aromatic hydroxyl groups is 1. The molecule has 0 unspecified atom stereocenters. The molecule has 31 heavy (non-hydrogen) atoms. The number of aromatic nitrogens is 5. The predicted molar refractivity (Wildman–Crippen MR) is 115 cm³/mol. The number of pyridine rings is 1. The highest BCUT2D eigenvalue weighted by atomic mass is 16.5. The van der Waals surface area contributed by atoms with Crippen LogP contribution in [-0.2, 0) is 6.54 Å². The summed E-state index contributed by atoms with van der Waals surface area (Å²) in [5.74, 6) is 0.891. The predicted octanol–water partition coefficient (Wildman–Crippen LogP) is 2.79. The topological polar surface area (TPSA) is 127 Å². The third-order valence-corrected chi connectivity index (χ3v) is 4.50. The number of nitrogens with zero attached hydrogens (tertiary/aromatic N) is 5. The van der Waals surface area contributed by atoms with Gasteiger partial charge >= 0.3 is 6.03 Å². The summed E-state index contributed by atoms with van der Waals surface area (Å²) in [6, 6.07) is 8.26. The Morgan fingerprint density at radius 2 is 2.06 bits per heavy atom. The fourth-order valence-electron chi connectivity index (χ4n) is 3.02. The van der Waals surface area contributed by atoms with Gasteiger partial charge in [-0.3, -0.25) is 15.0 Å².